The third-order valence-corrected chi connectivity index (χ3v) is 3.68. The van der Waals surface area contributed by atoms with E-state index >= 15 is 0 Å². The number of benzene rings is 2. The van der Waals surface area contributed by atoms with E-state index in [1.807, 2.05) is 0 Å². The minimum atomic E-state index is -1.20. The number of rotatable bonds is 3. The number of nitrogens with two attached hydrogens (primary N) is 1. The molecular weight excluding hydrogens is 237 g/mol. The molecule has 2 N–H and O–H groups in total. The van der Waals surface area contributed by atoms with E-state index in [4.69, 9.17) is 5.73 Å². The Hall–Kier alpha value is -1.68. The van der Waals surface area contributed by atoms with E-state index in [0.29, 0.717) is 21.9 Å². The lowest BCUT2D eigenvalue weighted by Gasteiger charge is -2.03. The number of nitrogen functional groups attached to an aromatic ring is 1. The molecule has 0 bridgehead atoms. The molecule has 2 nitrogen and oxygen atoms in total. The molecule has 0 amide bonds. The van der Waals surface area contributed by atoms with Crippen LogP contribution in [0.1, 0.15) is 5.56 Å². The molecule has 0 aliphatic rings. The van der Waals surface area contributed by atoms with Crippen LogP contribution in [0.4, 0.5) is 10.1 Å². The molecule has 2 aromatic rings. The van der Waals surface area contributed by atoms with Gasteiger partial charge in [-0.3, -0.25) is 4.21 Å². The molecular formula is C13H12FNOS. The number of halogens is 1. The van der Waals surface area contributed by atoms with Gasteiger partial charge in [0.1, 0.15) is 5.82 Å². The maximum Gasteiger partial charge on any atom is 0.123 e. The van der Waals surface area contributed by atoms with Gasteiger partial charge < -0.3 is 5.73 Å². The second kappa shape index (κ2) is 5.10. The Kier molecular flexibility index (Phi) is 3.54. The zero-order chi connectivity index (χ0) is 12.3. The van der Waals surface area contributed by atoms with Gasteiger partial charge in [-0.25, -0.2) is 4.39 Å². The van der Waals surface area contributed by atoms with E-state index in [2.05, 4.69) is 0 Å². The lowest BCUT2D eigenvalue weighted by molar-refractivity contribution is 0.626. The average molecular weight is 249 g/mol. The summed E-state index contributed by atoms with van der Waals surface area (Å²) in [6.45, 7) is 0. The van der Waals surface area contributed by atoms with Crippen LogP contribution in [0.15, 0.2) is 53.4 Å². The van der Waals surface area contributed by atoms with E-state index in [9.17, 15) is 8.60 Å². The first-order valence-corrected chi connectivity index (χ1v) is 6.45. The minimum absolute atomic E-state index is 0.293. The van der Waals surface area contributed by atoms with Crippen LogP contribution in [0, 0.1) is 5.82 Å². The molecule has 0 radical (unpaired) electrons. The van der Waals surface area contributed by atoms with Crippen molar-refractivity contribution in [3.8, 4) is 0 Å². The summed E-state index contributed by atoms with van der Waals surface area (Å²) in [5, 5.41) is 0. The maximum absolute atomic E-state index is 13.0. The van der Waals surface area contributed by atoms with Gasteiger partial charge in [0.2, 0.25) is 0 Å². The van der Waals surface area contributed by atoms with Gasteiger partial charge in [0.15, 0.2) is 0 Å². The van der Waals surface area contributed by atoms with Crippen LogP contribution in [-0.4, -0.2) is 4.21 Å². The molecule has 0 aliphatic carbocycles. The van der Waals surface area contributed by atoms with Crippen molar-refractivity contribution in [2.45, 2.75) is 10.6 Å². The van der Waals surface area contributed by atoms with Crippen molar-refractivity contribution in [2.24, 2.45) is 0 Å². The van der Waals surface area contributed by atoms with Crippen molar-refractivity contribution in [3.63, 3.8) is 0 Å². The predicted octanol–water partition coefficient (Wildman–Crippen LogP) is 2.72. The highest BCUT2D eigenvalue weighted by molar-refractivity contribution is 7.84. The largest absolute Gasteiger partial charge is 0.399 e. The third-order valence-electron chi connectivity index (χ3n) is 2.31. The van der Waals surface area contributed by atoms with Crippen LogP contribution in [0.3, 0.4) is 0 Å². The molecule has 2 rings (SSSR count). The van der Waals surface area contributed by atoms with Crippen molar-refractivity contribution in [3.05, 3.63) is 59.9 Å². The fraction of sp³-hybridized carbons (Fsp3) is 0.0769. The molecule has 1 unspecified atom stereocenters. The van der Waals surface area contributed by atoms with Crippen LogP contribution in [0.2, 0.25) is 0 Å². The Morgan fingerprint density at radius 2 is 1.88 bits per heavy atom. The summed E-state index contributed by atoms with van der Waals surface area (Å²) >= 11 is 0. The number of hydrogen-bond acceptors (Lipinski definition) is 2. The lowest BCUT2D eigenvalue weighted by Crippen LogP contribution is -1.98. The van der Waals surface area contributed by atoms with Crippen molar-refractivity contribution in [1.29, 1.82) is 0 Å². The quantitative estimate of drug-likeness (QED) is 0.850. The molecule has 0 saturated heterocycles. The summed E-state index contributed by atoms with van der Waals surface area (Å²) in [5.74, 6) is -0.0200. The summed E-state index contributed by atoms with van der Waals surface area (Å²) < 4.78 is 25.0. The summed E-state index contributed by atoms with van der Waals surface area (Å²) in [6.07, 6.45) is 0. The fourth-order valence-electron chi connectivity index (χ4n) is 1.52. The van der Waals surface area contributed by atoms with E-state index < -0.39 is 10.8 Å². The predicted molar refractivity (Wildman–Crippen MR) is 67.4 cm³/mol. The van der Waals surface area contributed by atoms with Crippen molar-refractivity contribution in [2.75, 3.05) is 5.73 Å². The Labute approximate surface area is 102 Å². The highest BCUT2D eigenvalue weighted by Gasteiger charge is 2.06. The average Bonchev–Trinajstić information content (AvgIpc) is 2.29. The molecule has 0 saturated carbocycles. The summed E-state index contributed by atoms with van der Waals surface area (Å²) in [6, 6.07) is 13.1. The SMILES string of the molecule is Nc1cccc(S(=O)Cc2cccc(F)c2)c1. The Bertz CT molecular complexity index is 557. The molecule has 0 aliphatic heterocycles. The van der Waals surface area contributed by atoms with E-state index in [0.717, 1.165) is 0 Å². The molecule has 17 heavy (non-hydrogen) atoms. The highest BCUT2D eigenvalue weighted by Crippen LogP contribution is 2.15. The molecule has 0 heterocycles. The van der Waals surface area contributed by atoms with Gasteiger partial charge in [0.25, 0.3) is 0 Å². The first-order chi connectivity index (χ1) is 8.15. The minimum Gasteiger partial charge on any atom is -0.399 e. The molecule has 0 fully saturated rings. The Morgan fingerprint density at radius 3 is 2.59 bits per heavy atom. The van der Waals surface area contributed by atoms with Gasteiger partial charge in [-0.2, -0.15) is 0 Å². The first-order valence-electron chi connectivity index (χ1n) is 5.13. The summed E-state index contributed by atoms with van der Waals surface area (Å²) in [7, 11) is -1.20. The van der Waals surface area contributed by atoms with Gasteiger partial charge >= 0.3 is 0 Å². The summed E-state index contributed by atoms with van der Waals surface area (Å²) in [4.78, 5) is 0.661. The smallest absolute Gasteiger partial charge is 0.123 e. The zero-order valence-corrected chi connectivity index (χ0v) is 9.91. The molecule has 2 aromatic carbocycles. The molecule has 1 atom stereocenters. The van der Waals surface area contributed by atoms with E-state index in [1.165, 1.54) is 12.1 Å². The number of anilines is 1. The second-order valence-electron chi connectivity index (χ2n) is 3.69. The van der Waals surface area contributed by atoms with Crippen LogP contribution in [-0.2, 0) is 16.6 Å². The van der Waals surface area contributed by atoms with Crippen LogP contribution < -0.4 is 5.73 Å². The maximum atomic E-state index is 13.0. The zero-order valence-electron chi connectivity index (χ0n) is 9.10. The number of hydrogen-bond donors (Lipinski definition) is 1. The second-order valence-corrected chi connectivity index (χ2v) is 5.14. The topological polar surface area (TPSA) is 43.1 Å². The molecule has 4 heteroatoms. The van der Waals surface area contributed by atoms with E-state index in [-0.39, 0.29) is 5.82 Å². The van der Waals surface area contributed by atoms with Gasteiger partial charge in [0.05, 0.1) is 16.6 Å². The van der Waals surface area contributed by atoms with Crippen molar-refractivity contribution >= 4 is 16.5 Å². The van der Waals surface area contributed by atoms with Crippen LogP contribution in [0.5, 0.6) is 0 Å². The molecule has 88 valence electrons. The highest BCUT2D eigenvalue weighted by atomic mass is 32.2. The first kappa shape index (κ1) is 11.8. The van der Waals surface area contributed by atoms with Gasteiger partial charge in [-0.15, -0.1) is 0 Å². The Balaban J connectivity index is 2.17. The normalized spacial score (nSPS) is 12.3. The third kappa shape index (κ3) is 3.14. The monoisotopic (exact) mass is 249 g/mol. The van der Waals surface area contributed by atoms with Gasteiger partial charge in [-0.1, -0.05) is 18.2 Å². The Morgan fingerprint density at radius 1 is 1.12 bits per heavy atom. The van der Waals surface area contributed by atoms with Gasteiger partial charge in [0, 0.05) is 10.6 Å². The van der Waals surface area contributed by atoms with Gasteiger partial charge in [-0.05, 0) is 35.9 Å². The molecule has 0 spiro atoms. The van der Waals surface area contributed by atoms with Crippen molar-refractivity contribution < 1.29 is 8.60 Å². The van der Waals surface area contributed by atoms with Crippen LogP contribution >= 0.6 is 0 Å². The standard InChI is InChI=1S/C13H12FNOS/c14-11-4-1-3-10(7-11)9-17(16)13-6-2-5-12(15)8-13/h1-8H,9,15H2. The van der Waals surface area contributed by atoms with Crippen LogP contribution in [0.25, 0.3) is 0 Å². The lowest BCUT2D eigenvalue weighted by atomic mass is 10.2. The fourth-order valence-corrected chi connectivity index (χ4v) is 2.66. The van der Waals surface area contributed by atoms with E-state index in [1.54, 1.807) is 36.4 Å². The molecule has 0 aromatic heterocycles. The summed E-state index contributed by atoms with van der Waals surface area (Å²) in [5.41, 5.74) is 6.91. The van der Waals surface area contributed by atoms with Crippen molar-refractivity contribution in [1.82, 2.24) is 0 Å².